The van der Waals surface area contributed by atoms with Crippen LogP contribution in [0.5, 0.6) is 5.75 Å². The summed E-state index contributed by atoms with van der Waals surface area (Å²) >= 11 is 0. The van der Waals surface area contributed by atoms with Gasteiger partial charge in [0.05, 0.1) is 18.0 Å². The first kappa shape index (κ1) is 26.6. The normalized spacial score (nSPS) is 14.8. The molecule has 8 heteroatoms. The fraction of sp³-hybridized carbons (Fsp3) is 0.267. The van der Waals surface area contributed by atoms with E-state index in [2.05, 4.69) is 0 Å². The first-order valence-electron chi connectivity index (χ1n) is 12.6. The summed E-state index contributed by atoms with van der Waals surface area (Å²) in [6.07, 6.45) is 4.05. The van der Waals surface area contributed by atoms with Gasteiger partial charge in [-0.05, 0) is 75.2 Å². The van der Waals surface area contributed by atoms with Crippen LogP contribution in [0.15, 0.2) is 77.5 Å². The first-order valence-corrected chi connectivity index (χ1v) is 12.6. The van der Waals surface area contributed by atoms with E-state index in [1.165, 1.54) is 0 Å². The van der Waals surface area contributed by atoms with Crippen LogP contribution in [0.3, 0.4) is 0 Å². The van der Waals surface area contributed by atoms with Gasteiger partial charge in [0.15, 0.2) is 0 Å². The highest BCUT2D eigenvalue weighted by atomic mass is 16.5. The summed E-state index contributed by atoms with van der Waals surface area (Å²) < 4.78 is 12.7. The van der Waals surface area contributed by atoms with Gasteiger partial charge in [0, 0.05) is 42.7 Å². The number of hydrogen-bond donors (Lipinski definition) is 0. The third-order valence-electron chi connectivity index (χ3n) is 6.20. The molecule has 1 aliphatic heterocycles. The van der Waals surface area contributed by atoms with Crippen molar-refractivity contribution in [1.82, 2.24) is 14.7 Å². The number of rotatable bonds is 10. The maximum Gasteiger partial charge on any atom is 0.271 e. The average Bonchev–Trinajstić information content (AvgIpc) is 3.36. The first-order chi connectivity index (χ1) is 18.5. The summed E-state index contributed by atoms with van der Waals surface area (Å²) in [4.78, 5) is 27.6. The van der Waals surface area contributed by atoms with Gasteiger partial charge in [-0.3, -0.25) is 14.5 Å². The Morgan fingerprint density at radius 1 is 1.00 bits per heavy atom. The Balaban J connectivity index is 1.81. The zero-order valence-electron chi connectivity index (χ0n) is 21.8. The van der Waals surface area contributed by atoms with Gasteiger partial charge in [0.1, 0.15) is 17.4 Å². The third-order valence-corrected chi connectivity index (χ3v) is 6.20. The Bertz CT molecular complexity index is 1410. The highest BCUT2D eigenvalue weighted by Crippen LogP contribution is 2.32. The van der Waals surface area contributed by atoms with E-state index >= 15 is 0 Å². The van der Waals surface area contributed by atoms with Crippen LogP contribution in [-0.4, -0.2) is 52.9 Å². The van der Waals surface area contributed by atoms with Crippen LogP contribution in [0.25, 0.3) is 23.0 Å². The zero-order valence-corrected chi connectivity index (χ0v) is 21.8. The van der Waals surface area contributed by atoms with Crippen molar-refractivity contribution in [3.63, 3.8) is 0 Å². The molecule has 0 fully saturated rings. The van der Waals surface area contributed by atoms with Gasteiger partial charge in [0.2, 0.25) is 0 Å². The Labute approximate surface area is 222 Å². The Morgan fingerprint density at radius 2 is 1.74 bits per heavy atom. The molecule has 0 unspecified atom stereocenters. The predicted molar refractivity (Wildman–Crippen MR) is 144 cm³/mol. The SMILES string of the molecule is CCOCCCN1C(=O)C(C#N)=C(C)/C(=C\c2cn(-c3ccccc3)nc2-c2ccc(OCC)cc2)C1=O. The van der Waals surface area contributed by atoms with E-state index in [1.807, 2.05) is 80.7 Å². The molecule has 3 aromatic rings. The quantitative estimate of drug-likeness (QED) is 0.217. The maximum absolute atomic E-state index is 13.5. The summed E-state index contributed by atoms with van der Waals surface area (Å²) in [6, 6.07) is 19.2. The summed E-state index contributed by atoms with van der Waals surface area (Å²) in [6.45, 7) is 7.15. The Hall–Kier alpha value is -4.48. The second-order valence-electron chi connectivity index (χ2n) is 8.65. The second-order valence-corrected chi connectivity index (χ2v) is 8.65. The number of amides is 2. The predicted octanol–water partition coefficient (Wildman–Crippen LogP) is 4.96. The van der Waals surface area contributed by atoms with Gasteiger partial charge in [-0.25, -0.2) is 4.68 Å². The molecule has 2 heterocycles. The van der Waals surface area contributed by atoms with Gasteiger partial charge >= 0.3 is 0 Å². The number of nitrogens with zero attached hydrogens (tertiary/aromatic N) is 4. The number of carbonyl (C=O) groups is 2. The Morgan fingerprint density at radius 3 is 2.39 bits per heavy atom. The molecule has 2 aromatic carbocycles. The van der Waals surface area contributed by atoms with Crippen molar-refractivity contribution >= 4 is 17.9 Å². The van der Waals surface area contributed by atoms with Crippen molar-refractivity contribution in [3.8, 4) is 28.8 Å². The molecule has 0 bridgehead atoms. The van der Waals surface area contributed by atoms with Crippen molar-refractivity contribution < 1.29 is 19.1 Å². The summed E-state index contributed by atoms with van der Waals surface area (Å²) in [7, 11) is 0. The molecule has 194 valence electrons. The van der Waals surface area contributed by atoms with E-state index in [1.54, 1.807) is 17.7 Å². The molecule has 0 aliphatic carbocycles. The maximum atomic E-state index is 13.5. The molecule has 38 heavy (non-hydrogen) atoms. The van der Waals surface area contributed by atoms with Crippen LogP contribution >= 0.6 is 0 Å². The molecular weight excluding hydrogens is 480 g/mol. The number of aromatic nitrogens is 2. The highest BCUT2D eigenvalue weighted by molar-refractivity contribution is 6.19. The minimum Gasteiger partial charge on any atom is -0.494 e. The van der Waals surface area contributed by atoms with E-state index < -0.39 is 11.8 Å². The second kappa shape index (κ2) is 12.2. The minimum atomic E-state index is -0.574. The van der Waals surface area contributed by atoms with Gasteiger partial charge in [-0.15, -0.1) is 0 Å². The van der Waals surface area contributed by atoms with Crippen LogP contribution in [0.4, 0.5) is 0 Å². The molecule has 4 rings (SSSR count). The van der Waals surface area contributed by atoms with Crippen LogP contribution in [0, 0.1) is 11.3 Å². The van der Waals surface area contributed by atoms with E-state index in [9.17, 15) is 14.9 Å². The lowest BCUT2D eigenvalue weighted by Gasteiger charge is -2.27. The molecule has 0 saturated heterocycles. The lowest BCUT2D eigenvalue weighted by atomic mass is 9.93. The molecule has 0 N–H and O–H groups in total. The number of nitriles is 1. The van der Waals surface area contributed by atoms with Crippen molar-refractivity contribution in [1.29, 1.82) is 5.26 Å². The number of imide groups is 1. The number of carbonyl (C=O) groups excluding carboxylic acids is 2. The monoisotopic (exact) mass is 510 g/mol. The van der Waals surface area contributed by atoms with Crippen LogP contribution in [0.1, 0.15) is 32.8 Å². The smallest absolute Gasteiger partial charge is 0.271 e. The van der Waals surface area contributed by atoms with Gasteiger partial charge in [0.25, 0.3) is 11.8 Å². The van der Waals surface area contributed by atoms with Crippen molar-refractivity contribution in [2.24, 2.45) is 0 Å². The summed E-state index contributed by atoms with van der Waals surface area (Å²) in [5, 5.41) is 14.6. The van der Waals surface area contributed by atoms with E-state index in [0.29, 0.717) is 43.1 Å². The molecule has 1 aliphatic rings. The standard InChI is InChI=1S/C30H30N4O4/c1-4-37-17-9-16-33-29(35)26(21(3)27(19-31)30(33)36)18-23-20-34(24-10-7-6-8-11-24)32-28(23)22-12-14-25(15-13-22)38-5-2/h6-8,10-15,18,20H,4-5,9,16-17H2,1-3H3/b26-18+. The van der Waals surface area contributed by atoms with Gasteiger partial charge in [-0.1, -0.05) is 18.2 Å². The molecule has 0 spiro atoms. The average molecular weight is 511 g/mol. The summed E-state index contributed by atoms with van der Waals surface area (Å²) in [5.74, 6) is -0.261. The molecule has 8 nitrogen and oxygen atoms in total. The number of hydrogen-bond acceptors (Lipinski definition) is 6. The lowest BCUT2D eigenvalue weighted by molar-refractivity contribution is -0.140. The molecule has 0 saturated carbocycles. The minimum absolute atomic E-state index is 0.0367. The van der Waals surface area contributed by atoms with Crippen molar-refractivity contribution in [2.75, 3.05) is 26.4 Å². The van der Waals surface area contributed by atoms with Crippen LogP contribution in [0.2, 0.25) is 0 Å². The Kier molecular flexibility index (Phi) is 8.51. The summed E-state index contributed by atoms with van der Waals surface area (Å²) in [5.41, 5.74) is 3.64. The van der Waals surface area contributed by atoms with E-state index in [4.69, 9.17) is 14.6 Å². The largest absolute Gasteiger partial charge is 0.494 e. The van der Waals surface area contributed by atoms with Crippen molar-refractivity contribution in [3.05, 3.63) is 83.1 Å². The molecule has 0 radical (unpaired) electrons. The number of ether oxygens (including phenoxy) is 2. The van der Waals surface area contributed by atoms with E-state index in [-0.39, 0.29) is 17.7 Å². The molecular formula is C30H30N4O4. The number of para-hydroxylation sites is 1. The topological polar surface area (TPSA) is 97.5 Å². The zero-order chi connectivity index (χ0) is 27.1. The molecule has 2 amide bonds. The number of benzene rings is 2. The van der Waals surface area contributed by atoms with Crippen LogP contribution < -0.4 is 4.74 Å². The third kappa shape index (κ3) is 5.58. The van der Waals surface area contributed by atoms with Gasteiger partial charge < -0.3 is 9.47 Å². The molecule has 0 atom stereocenters. The van der Waals surface area contributed by atoms with Crippen molar-refractivity contribution in [2.45, 2.75) is 27.2 Å². The lowest BCUT2D eigenvalue weighted by Crippen LogP contribution is -2.43. The van der Waals surface area contributed by atoms with E-state index in [0.717, 1.165) is 21.9 Å². The van der Waals surface area contributed by atoms with Crippen LogP contribution in [-0.2, 0) is 14.3 Å². The molecule has 1 aromatic heterocycles. The fourth-order valence-corrected chi connectivity index (χ4v) is 4.26. The fourth-order valence-electron chi connectivity index (χ4n) is 4.26. The van der Waals surface area contributed by atoms with Gasteiger partial charge in [-0.2, -0.15) is 10.4 Å². The highest BCUT2D eigenvalue weighted by Gasteiger charge is 2.35.